The lowest BCUT2D eigenvalue weighted by atomic mass is 10.1. The Hall–Kier alpha value is -0.580. The van der Waals surface area contributed by atoms with Gasteiger partial charge in [0.05, 0.1) is 5.02 Å². The molecule has 1 rings (SSSR count). The van der Waals surface area contributed by atoms with Crippen molar-refractivity contribution in [2.24, 2.45) is 0 Å². The molecule has 0 heterocycles. The van der Waals surface area contributed by atoms with Crippen molar-refractivity contribution in [2.75, 3.05) is 27.2 Å². The fraction of sp³-hybridized carbons (Fsp3) is 0.500. The van der Waals surface area contributed by atoms with Crippen molar-refractivity contribution in [1.82, 2.24) is 9.80 Å². The van der Waals surface area contributed by atoms with Crippen LogP contribution in [0.1, 0.15) is 24.2 Å². The zero-order valence-corrected chi connectivity index (χ0v) is 14.1. The van der Waals surface area contributed by atoms with Crippen LogP contribution in [0.5, 0.6) is 0 Å². The van der Waals surface area contributed by atoms with Crippen molar-refractivity contribution in [2.45, 2.75) is 19.9 Å². The molecule has 0 saturated carbocycles. The second-order valence-electron chi connectivity index (χ2n) is 4.83. The van der Waals surface area contributed by atoms with Crippen molar-refractivity contribution in [3.05, 3.63) is 33.3 Å². The van der Waals surface area contributed by atoms with E-state index in [1.54, 1.807) is 18.2 Å². The molecule has 5 heteroatoms. The number of hydrogen-bond donors (Lipinski definition) is 0. The Labute approximate surface area is 128 Å². The summed E-state index contributed by atoms with van der Waals surface area (Å²) in [6.45, 7) is 5.57. The van der Waals surface area contributed by atoms with Crippen LogP contribution in [0.25, 0.3) is 0 Å². The molecule has 0 bridgehead atoms. The molecule has 19 heavy (non-hydrogen) atoms. The Morgan fingerprint density at radius 3 is 2.53 bits per heavy atom. The van der Waals surface area contributed by atoms with Crippen LogP contribution in [0.15, 0.2) is 22.7 Å². The maximum atomic E-state index is 12.5. The van der Waals surface area contributed by atoms with E-state index in [0.717, 1.165) is 11.0 Å². The molecule has 1 atom stereocenters. The van der Waals surface area contributed by atoms with E-state index in [9.17, 15) is 4.79 Å². The molecule has 1 unspecified atom stereocenters. The highest BCUT2D eigenvalue weighted by Crippen LogP contribution is 2.24. The second-order valence-corrected chi connectivity index (χ2v) is 6.09. The topological polar surface area (TPSA) is 23.6 Å². The third kappa shape index (κ3) is 4.48. The van der Waals surface area contributed by atoms with Crippen molar-refractivity contribution >= 4 is 33.4 Å². The number of rotatable bonds is 5. The summed E-state index contributed by atoms with van der Waals surface area (Å²) in [6.07, 6.45) is 0. The fourth-order valence-electron chi connectivity index (χ4n) is 2.08. The van der Waals surface area contributed by atoms with Gasteiger partial charge in [0.15, 0.2) is 0 Å². The van der Waals surface area contributed by atoms with E-state index in [1.807, 2.05) is 25.9 Å². The monoisotopic (exact) mass is 346 g/mol. The van der Waals surface area contributed by atoms with Crippen LogP contribution >= 0.6 is 27.5 Å². The maximum absolute atomic E-state index is 12.5. The van der Waals surface area contributed by atoms with Gasteiger partial charge in [0.1, 0.15) is 0 Å². The average molecular weight is 348 g/mol. The third-order valence-electron chi connectivity index (χ3n) is 2.93. The molecular weight excluding hydrogens is 328 g/mol. The van der Waals surface area contributed by atoms with Crippen LogP contribution in [-0.4, -0.2) is 48.9 Å². The quantitative estimate of drug-likeness (QED) is 0.813. The van der Waals surface area contributed by atoms with E-state index in [1.165, 1.54) is 0 Å². The first-order valence-electron chi connectivity index (χ1n) is 6.27. The van der Waals surface area contributed by atoms with Crippen LogP contribution in [0.4, 0.5) is 0 Å². The summed E-state index contributed by atoms with van der Waals surface area (Å²) in [7, 11) is 4.01. The van der Waals surface area contributed by atoms with Crippen LogP contribution in [0, 0.1) is 0 Å². The number of likely N-dealkylation sites (N-methyl/N-ethyl adjacent to an activating group) is 2. The standard InChI is InChI=1S/C14H20BrClN2O/c1-5-18(10(2)9-17(3)4)14(19)11-6-7-12(15)13(16)8-11/h6-8,10H,5,9H2,1-4H3. The summed E-state index contributed by atoms with van der Waals surface area (Å²) in [6, 6.07) is 5.47. The summed E-state index contributed by atoms with van der Waals surface area (Å²) in [5, 5.41) is 0.558. The van der Waals surface area contributed by atoms with Crippen molar-refractivity contribution < 1.29 is 4.79 Å². The molecule has 0 aromatic heterocycles. The Balaban J connectivity index is 2.91. The van der Waals surface area contributed by atoms with Gasteiger partial charge in [0.25, 0.3) is 5.91 Å². The summed E-state index contributed by atoms with van der Waals surface area (Å²) in [4.78, 5) is 16.4. The van der Waals surface area contributed by atoms with Crippen molar-refractivity contribution in [3.63, 3.8) is 0 Å². The van der Waals surface area contributed by atoms with Crippen LogP contribution in [0.2, 0.25) is 5.02 Å². The van der Waals surface area contributed by atoms with Gasteiger partial charge in [-0.05, 0) is 62.1 Å². The Morgan fingerprint density at radius 2 is 2.05 bits per heavy atom. The third-order valence-corrected chi connectivity index (χ3v) is 4.16. The molecule has 1 aromatic carbocycles. The van der Waals surface area contributed by atoms with E-state index in [-0.39, 0.29) is 11.9 Å². The molecular formula is C14H20BrClN2O. The van der Waals surface area contributed by atoms with Gasteiger partial charge in [-0.1, -0.05) is 11.6 Å². The van der Waals surface area contributed by atoms with Gasteiger partial charge in [-0.25, -0.2) is 0 Å². The Morgan fingerprint density at radius 1 is 1.42 bits per heavy atom. The number of carbonyl (C=O) groups is 1. The minimum Gasteiger partial charge on any atom is -0.335 e. The second kappa shape index (κ2) is 7.27. The summed E-state index contributed by atoms with van der Waals surface area (Å²) >= 11 is 9.37. The number of halogens is 2. The minimum absolute atomic E-state index is 0.0197. The highest BCUT2D eigenvalue weighted by molar-refractivity contribution is 9.10. The highest BCUT2D eigenvalue weighted by atomic mass is 79.9. The fourth-order valence-corrected chi connectivity index (χ4v) is 2.50. The van der Waals surface area contributed by atoms with Crippen molar-refractivity contribution in [1.29, 1.82) is 0 Å². The summed E-state index contributed by atoms with van der Waals surface area (Å²) in [5.41, 5.74) is 0.626. The van der Waals surface area contributed by atoms with Gasteiger partial charge >= 0.3 is 0 Å². The molecule has 0 aliphatic heterocycles. The van der Waals surface area contributed by atoms with Gasteiger partial charge in [-0.3, -0.25) is 4.79 Å². The van der Waals surface area contributed by atoms with Gasteiger partial charge in [0.2, 0.25) is 0 Å². The SMILES string of the molecule is CCN(C(=O)c1ccc(Br)c(Cl)c1)C(C)CN(C)C. The Kier molecular flexibility index (Phi) is 6.30. The van der Waals surface area contributed by atoms with E-state index < -0.39 is 0 Å². The van der Waals surface area contributed by atoms with E-state index >= 15 is 0 Å². The Bertz CT molecular complexity index is 451. The summed E-state index contributed by atoms with van der Waals surface area (Å²) in [5.74, 6) is 0.0197. The molecule has 0 saturated heterocycles. The first-order chi connectivity index (χ1) is 8.86. The van der Waals surface area contributed by atoms with E-state index in [4.69, 9.17) is 11.6 Å². The van der Waals surface area contributed by atoms with Gasteiger partial charge < -0.3 is 9.80 Å². The molecule has 0 radical (unpaired) electrons. The number of amides is 1. The first-order valence-corrected chi connectivity index (χ1v) is 7.44. The molecule has 0 aliphatic rings. The number of carbonyl (C=O) groups excluding carboxylic acids is 1. The van der Waals surface area contributed by atoms with Crippen LogP contribution < -0.4 is 0 Å². The molecule has 106 valence electrons. The lowest BCUT2D eigenvalue weighted by Gasteiger charge is -2.30. The van der Waals surface area contributed by atoms with Gasteiger partial charge in [-0.2, -0.15) is 0 Å². The zero-order chi connectivity index (χ0) is 14.6. The normalized spacial score (nSPS) is 12.6. The largest absolute Gasteiger partial charge is 0.335 e. The van der Waals surface area contributed by atoms with Crippen LogP contribution in [0.3, 0.4) is 0 Å². The smallest absolute Gasteiger partial charge is 0.254 e. The number of benzene rings is 1. The lowest BCUT2D eigenvalue weighted by molar-refractivity contribution is 0.0679. The minimum atomic E-state index is 0.0197. The predicted molar refractivity (Wildman–Crippen MR) is 83.9 cm³/mol. The summed E-state index contributed by atoms with van der Waals surface area (Å²) < 4.78 is 0.801. The molecule has 0 N–H and O–H groups in total. The molecule has 1 amide bonds. The highest BCUT2D eigenvalue weighted by Gasteiger charge is 2.20. The molecule has 0 spiro atoms. The average Bonchev–Trinajstić information content (AvgIpc) is 2.32. The van der Waals surface area contributed by atoms with E-state index in [2.05, 4.69) is 27.8 Å². The number of hydrogen-bond acceptors (Lipinski definition) is 2. The lowest BCUT2D eigenvalue weighted by Crippen LogP contribution is -2.43. The first kappa shape index (κ1) is 16.5. The molecule has 0 aliphatic carbocycles. The number of nitrogens with zero attached hydrogens (tertiary/aromatic N) is 2. The molecule has 3 nitrogen and oxygen atoms in total. The van der Waals surface area contributed by atoms with Crippen LogP contribution in [-0.2, 0) is 0 Å². The maximum Gasteiger partial charge on any atom is 0.254 e. The van der Waals surface area contributed by atoms with Crippen molar-refractivity contribution in [3.8, 4) is 0 Å². The zero-order valence-electron chi connectivity index (χ0n) is 11.8. The molecule has 0 fully saturated rings. The molecule has 1 aromatic rings. The van der Waals surface area contributed by atoms with Gasteiger partial charge in [0, 0.05) is 29.2 Å². The van der Waals surface area contributed by atoms with E-state index in [0.29, 0.717) is 17.1 Å². The predicted octanol–water partition coefficient (Wildman–Crippen LogP) is 3.51. The van der Waals surface area contributed by atoms with Gasteiger partial charge in [-0.15, -0.1) is 0 Å².